The van der Waals surface area contributed by atoms with Crippen LogP contribution in [0.3, 0.4) is 0 Å². The quantitative estimate of drug-likeness (QED) is 0.896. The van der Waals surface area contributed by atoms with Crippen LogP contribution in [0.2, 0.25) is 0 Å². The summed E-state index contributed by atoms with van der Waals surface area (Å²) in [6, 6.07) is 9.32. The van der Waals surface area contributed by atoms with Gasteiger partial charge >= 0.3 is 6.03 Å². The van der Waals surface area contributed by atoms with Crippen molar-refractivity contribution in [2.24, 2.45) is 0 Å². The van der Waals surface area contributed by atoms with Crippen LogP contribution in [0.4, 0.5) is 10.7 Å². The Balaban J connectivity index is 2.02. The molecule has 1 aromatic heterocycles. The molecule has 3 amide bonds. The number of hydrogen-bond donors (Lipinski definition) is 2. The molecule has 7 nitrogen and oxygen atoms in total. The van der Waals surface area contributed by atoms with Crippen LogP contribution < -0.4 is 15.4 Å². The summed E-state index contributed by atoms with van der Waals surface area (Å²) >= 11 is 0. The molecule has 2 aromatic rings. The molecule has 21 heavy (non-hydrogen) atoms. The highest BCUT2D eigenvalue weighted by Gasteiger charge is 2.11. The summed E-state index contributed by atoms with van der Waals surface area (Å²) in [5, 5.41) is 4.58. The predicted octanol–water partition coefficient (Wildman–Crippen LogP) is 1.76. The number of nitrogens with one attached hydrogen (secondary N) is 2. The van der Waals surface area contributed by atoms with Gasteiger partial charge in [0.1, 0.15) is 0 Å². The number of methoxy groups -OCH3 is 1. The van der Waals surface area contributed by atoms with Crippen LogP contribution in [0.25, 0.3) is 0 Å². The van der Waals surface area contributed by atoms with Gasteiger partial charge in [-0.25, -0.2) is 9.78 Å². The first-order chi connectivity index (χ1) is 10.1. The molecule has 0 atom stereocenters. The third-order valence-electron chi connectivity index (χ3n) is 2.53. The smallest absolute Gasteiger partial charge is 0.328 e. The zero-order valence-corrected chi connectivity index (χ0v) is 11.6. The van der Waals surface area contributed by atoms with Gasteiger partial charge in [-0.1, -0.05) is 18.2 Å². The molecule has 0 spiro atoms. The number of aromatic nitrogens is 2. The Morgan fingerprint density at radius 3 is 2.52 bits per heavy atom. The summed E-state index contributed by atoms with van der Waals surface area (Å²) < 4.78 is 4.98. The number of anilines is 1. The minimum absolute atomic E-state index is 0.0604. The largest absolute Gasteiger partial charge is 0.481 e. The standard InChI is InChI=1S/C14H14N4O3/c1-9-8-11(21-2)16-13(15-9)18-14(20)17-12(19)10-6-4-3-5-7-10/h3-8H,1-2H3,(H2,15,16,17,18,19,20). The first-order valence-corrected chi connectivity index (χ1v) is 6.15. The molecular weight excluding hydrogens is 272 g/mol. The molecule has 7 heteroatoms. The third kappa shape index (κ3) is 4.00. The molecule has 0 bridgehead atoms. The molecule has 0 saturated heterocycles. The van der Waals surface area contributed by atoms with Gasteiger partial charge in [0.2, 0.25) is 11.8 Å². The predicted molar refractivity (Wildman–Crippen MR) is 76.2 cm³/mol. The number of rotatable bonds is 3. The molecule has 2 rings (SSSR count). The average Bonchev–Trinajstić information content (AvgIpc) is 2.47. The molecule has 0 unspecified atom stereocenters. The van der Waals surface area contributed by atoms with Crippen LogP contribution in [-0.4, -0.2) is 29.0 Å². The second-order valence-corrected chi connectivity index (χ2v) is 4.15. The van der Waals surface area contributed by atoms with E-state index in [1.807, 2.05) is 0 Å². The number of imide groups is 1. The summed E-state index contributed by atoms with van der Waals surface area (Å²) in [5.74, 6) is -0.120. The highest BCUT2D eigenvalue weighted by atomic mass is 16.5. The Kier molecular flexibility index (Phi) is 4.45. The van der Waals surface area contributed by atoms with Crippen LogP contribution in [0.5, 0.6) is 5.88 Å². The number of hydrogen-bond acceptors (Lipinski definition) is 5. The zero-order valence-electron chi connectivity index (χ0n) is 11.6. The van der Waals surface area contributed by atoms with Gasteiger partial charge in [0, 0.05) is 17.3 Å². The molecule has 0 aliphatic carbocycles. The molecule has 1 aromatic carbocycles. The van der Waals surface area contributed by atoms with Gasteiger partial charge in [-0.15, -0.1) is 0 Å². The SMILES string of the molecule is COc1cc(C)nc(NC(=O)NC(=O)c2ccccc2)n1. The first kappa shape index (κ1) is 14.4. The Morgan fingerprint density at radius 2 is 1.86 bits per heavy atom. The molecule has 0 aliphatic heterocycles. The maximum Gasteiger partial charge on any atom is 0.328 e. The lowest BCUT2D eigenvalue weighted by molar-refractivity contribution is 0.0967. The minimum atomic E-state index is -0.712. The van der Waals surface area contributed by atoms with Crippen molar-refractivity contribution in [1.29, 1.82) is 0 Å². The van der Waals surface area contributed by atoms with E-state index in [0.717, 1.165) is 0 Å². The normalized spacial score (nSPS) is 9.81. The van der Waals surface area contributed by atoms with Crippen molar-refractivity contribution in [3.63, 3.8) is 0 Å². The van der Waals surface area contributed by atoms with Crippen LogP contribution >= 0.6 is 0 Å². The van der Waals surface area contributed by atoms with Gasteiger partial charge in [-0.3, -0.25) is 15.4 Å². The van der Waals surface area contributed by atoms with E-state index >= 15 is 0 Å². The second kappa shape index (κ2) is 6.47. The number of carbonyl (C=O) groups is 2. The number of carbonyl (C=O) groups excluding carboxylic acids is 2. The van der Waals surface area contributed by atoms with Crippen molar-refractivity contribution in [2.75, 3.05) is 12.4 Å². The zero-order chi connectivity index (χ0) is 15.2. The highest BCUT2D eigenvalue weighted by Crippen LogP contribution is 2.10. The Morgan fingerprint density at radius 1 is 1.14 bits per heavy atom. The van der Waals surface area contributed by atoms with E-state index in [0.29, 0.717) is 17.1 Å². The van der Waals surface area contributed by atoms with E-state index in [4.69, 9.17) is 4.74 Å². The van der Waals surface area contributed by atoms with Gasteiger partial charge in [0.25, 0.3) is 5.91 Å². The third-order valence-corrected chi connectivity index (χ3v) is 2.53. The lowest BCUT2D eigenvalue weighted by Crippen LogP contribution is -2.34. The summed E-state index contributed by atoms with van der Waals surface area (Å²) in [6.07, 6.45) is 0. The number of aryl methyl sites for hydroxylation is 1. The van der Waals surface area contributed by atoms with E-state index < -0.39 is 11.9 Å². The van der Waals surface area contributed by atoms with Gasteiger partial charge in [0.05, 0.1) is 7.11 Å². The van der Waals surface area contributed by atoms with Gasteiger partial charge in [-0.2, -0.15) is 4.98 Å². The minimum Gasteiger partial charge on any atom is -0.481 e. The van der Waals surface area contributed by atoms with Crippen molar-refractivity contribution in [3.8, 4) is 5.88 Å². The molecule has 0 saturated carbocycles. The van der Waals surface area contributed by atoms with Gasteiger partial charge < -0.3 is 4.74 Å². The van der Waals surface area contributed by atoms with Crippen molar-refractivity contribution >= 4 is 17.9 Å². The van der Waals surface area contributed by atoms with Crippen molar-refractivity contribution in [3.05, 3.63) is 47.7 Å². The fourth-order valence-corrected chi connectivity index (χ4v) is 1.60. The van der Waals surface area contributed by atoms with E-state index in [1.165, 1.54) is 7.11 Å². The van der Waals surface area contributed by atoms with Crippen LogP contribution in [0.1, 0.15) is 16.1 Å². The van der Waals surface area contributed by atoms with Crippen LogP contribution in [0.15, 0.2) is 36.4 Å². The Hall–Kier alpha value is -2.96. The van der Waals surface area contributed by atoms with E-state index in [9.17, 15) is 9.59 Å². The molecule has 1 heterocycles. The molecule has 0 fully saturated rings. The maximum absolute atomic E-state index is 11.8. The average molecular weight is 286 g/mol. The van der Waals surface area contributed by atoms with Crippen molar-refractivity contribution < 1.29 is 14.3 Å². The van der Waals surface area contributed by atoms with Gasteiger partial charge in [-0.05, 0) is 19.1 Å². The van der Waals surface area contributed by atoms with E-state index in [2.05, 4.69) is 20.6 Å². The second-order valence-electron chi connectivity index (χ2n) is 4.15. The van der Waals surface area contributed by atoms with Crippen LogP contribution in [-0.2, 0) is 0 Å². The van der Waals surface area contributed by atoms with Gasteiger partial charge in [0.15, 0.2) is 0 Å². The van der Waals surface area contributed by atoms with Crippen LogP contribution in [0, 0.1) is 6.92 Å². The molecule has 2 N–H and O–H groups in total. The summed E-state index contributed by atoms with van der Waals surface area (Å²) in [4.78, 5) is 31.5. The Labute approximate surface area is 121 Å². The summed E-state index contributed by atoms with van der Waals surface area (Å²) in [5.41, 5.74) is 1.02. The highest BCUT2D eigenvalue weighted by molar-refractivity contribution is 6.07. The lowest BCUT2D eigenvalue weighted by Gasteiger charge is -2.07. The first-order valence-electron chi connectivity index (χ1n) is 6.15. The number of ether oxygens (including phenoxy) is 1. The topological polar surface area (TPSA) is 93.2 Å². The molecule has 0 aliphatic rings. The molecule has 0 radical (unpaired) electrons. The lowest BCUT2D eigenvalue weighted by atomic mass is 10.2. The Bertz CT molecular complexity index is 659. The molecular formula is C14H14N4O3. The van der Waals surface area contributed by atoms with E-state index in [1.54, 1.807) is 43.3 Å². The monoisotopic (exact) mass is 286 g/mol. The fraction of sp³-hybridized carbons (Fsp3) is 0.143. The van der Waals surface area contributed by atoms with E-state index in [-0.39, 0.29) is 5.95 Å². The van der Waals surface area contributed by atoms with Crippen molar-refractivity contribution in [2.45, 2.75) is 6.92 Å². The number of urea groups is 1. The molecule has 108 valence electrons. The number of benzene rings is 1. The maximum atomic E-state index is 11.8. The summed E-state index contributed by atoms with van der Waals surface area (Å²) in [6.45, 7) is 1.74. The summed E-state index contributed by atoms with van der Waals surface area (Å²) in [7, 11) is 1.46. The fourth-order valence-electron chi connectivity index (χ4n) is 1.60. The number of amides is 3. The van der Waals surface area contributed by atoms with Crippen molar-refractivity contribution in [1.82, 2.24) is 15.3 Å². The number of nitrogens with zero attached hydrogens (tertiary/aromatic N) is 2.